The minimum absolute atomic E-state index is 0.128. The van der Waals surface area contributed by atoms with Crippen molar-refractivity contribution in [3.63, 3.8) is 0 Å². The Kier molecular flexibility index (Phi) is 5.88. The topological polar surface area (TPSA) is 136 Å². The van der Waals surface area contributed by atoms with Crippen LogP contribution in [0.5, 0.6) is 11.6 Å². The Hall–Kier alpha value is -3.77. The first-order chi connectivity index (χ1) is 15.4. The van der Waals surface area contributed by atoms with E-state index in [0.717, 1.165) is 12.8 Å². The molecule has 1 aromatic carbocycles. The van der Waals surface area contributed by atoms with Gasteiger partial charge in [0.1, 0.15) is 22.8 Å². The molecule has 9 nitrogen and oxygen atoms in total. The second-order valence-corrected chi connectivity index (χ2v) is 8.13. The van der Waals surface area contributed by atoms with Crippen molar-refractivity contribution in [1.29, 1.82) is 5.26 Å². The van der Waals surface area contributed by atoms with E-state index < -0.39 is 5.91 Å². The summed E-state index contributed by atoms with van der Waals surface area (Å²) >= 11 is 5.84. The summed E-state index contributed by atoms with van der Waals surface area (Å²) in [7, 11) is 0. The van der Waals surface area contributed by atoms with Gasteiger partial charge in [-0.05, 0) is 50.1 Å². The molecule has 1 saturated heterocycles. The van der Waals surface area contributed by atoms with Crippen LogP contribution in [0.4, 0.5) is 5.82 Å². The van der Waals surface area contributed by atoms with Gasteiger partial charge in [0.15, 0.2) is 6.19 Å². The third kappa shape index (κ3) is 4.18. The van der Waals surface area contributed by atoms with Crippen molar-refractivity contribution in [3.8, 4) is 29.1 Å². The number of likely N-dealkylation sites (tertiary alicyclic amines) is 1. The van der Waals surface area contributed by atoms with Gasteiger partial charge in [-0.1, -0.05) is 11.6 Å². The number of aromatic nitrogens is 3. The number of hydrogen-bond donors (Lipinski definition) is 2. The first kappa shape index (κ1) is 21.5. The van der Waals surface area contributed by atoms with Crippen molar-refractivity contribution in [2.75, 3.05) is 12.3 Å². The molecule has 3 aromatic rings. The lowest BCUT2D eigenvalue weighted by Gasteiger charge is -2.34. The largest absolute Gasteiger partial charge is 0.439 e. The number of nitrogen functional groups attached to an aromatic ring is 1. The number of carbonyl (C=O) groups is 1. The van der Waals surface area contributed by atoms with Crippen LogP contribution in [-0.2, 0) is 0 Å². The number of nitrogens with two attached hydrogens (primary N) is 2. The summed E-state index contributed by atoms with van der Waals surface area (Å²) in [6.07, 6.45) is 5.33. The fraction of sp³-hybridized carbons (Fsp3) is 0.273. The molecule has 2 aromatic heterocycles. The summed E-state index contributed by atoms with van der Waals surface area (Å²) in [6, 6.07) is 10.4. The van der Waals surface area contributed by atoms with Crippen LogP contribution in [0, 0.1) is 11.5 Å². The fourth-order valence-electron chi connectivity index (χ4n) is 3.82. The normalized spacial score (nSPS) is 18.2. The van der Waals surface area contributed by atoms with Crippen molar-refractivity contribution in [2.45, 2.75) is 31.8 Å². The number of halogens is 1. The average molecular weight is 452 g/mol. The lowest BCUT2D eigenvalue weighted by molar-refractivity contribution is 0.100. The van der Waals surface area contributed by atoms with Crippen LogP contribution < -0.4 is 16.2 Å². The van der Waals surface area contributed by atoms with E-state index in [-0.39, 0.29) is 23.5 Å². The third-order valence-electron chi connectivity index (χ3n) is 5.58. The van der Waals surface area contributed by atoms with Crippen LogP contribution in [0.2, 0.25) is 5.02 Å². The van der Waals surface area contributed by atoms with Gasteiger partial charge in [0, 0.05) is 23.9 Å². The Morgan fingerprint density at radius 2 is 2.00 bits per heavy atom. The SMILES string of the molecule is C[C@H]1CCC(n2nc(-c3ccc(Oc4ccc(Cl)cn4)cc3)c(C(N)=O)c2N)CN1C#N. The van der Waals surface area contributed by atoms with Crippen molar-refractivity contribution in [2.24, 2.45) is 5.73 Å². The number of amides is 1. The summed E-state index contributed by atoms with van der Waals surface area (Å²) in [5.74, 6) is 0.510. The monoisotopic (exact) mass is 451 g/mol. The molecule has 0 radical (unpaired) electrons. The maximum absolute atomic E-state index is 12.2. The van der Waals surface area contributed by atoms with Crippen LogP contribution >= 0.6 is 11.6 Å². The van der Waals surface area contributed by atoms with Gasteiger partial charge >= 0.3 is 0 Å². The van der Waals surface area contributed by atoms with Crippen molar-refractivity contribution in [1.82, 2.24) is 19.7 Å². The number of benzene rings is 1. The minimum Gasteiger partial charge on any atom is -0.439 e. The van der Waals surface area contributed by atoms with Gasteiger partial charge in [-0.15, -0.1) is 0 Å². The Morgan fingerprint density at radius 3 is 2.62 bits per heavy atom. The molecule has 0 bridgehead atoms. The van der Waals surface area contributed by atoms with Crippen LogP contribution in [0.1, 0.15) is 36.2 Å². The molecule has 2 atom stereocenters. The second-order valence-electron chi connectivity index (χ2n) is 7.69. The van der Waals surface area contributed by atoms with E-state index in [9.17, 15) is 10.1 Å². The molecule has 1 fully saturated rings. The van der Waals surface area contributed by atoms with Crippen LogP contribution in [-0.4, -0.2) is 38.2 Å². The standard InChI is InChI=1S/C22H22ClN7O2/c1-13-2-6-16(11-29(13)12-24)30-21(25)19(22(26)31)20(28-30)14-3-7-17(8-4-14)32-18-9-5-15(23)10-27-18/h3-5,7-10,13,16H,2,6,11,25H2,1H3,(H2,26,31)/t13-,16?/m0/s1. The lowest BCUT2D eigenvalue weighted by atomic mass is 10.00. The number of rotatable bonds is 5. The summed E-state index contributed by atoms with van der Waals surface area (Å²) in [5, 5.41) is 14.5. The highest BCUT2D eigenvalue weighted by molar-refractivity contribution is 6.30. The predicted octanol–water partition coefficient (Wildman–Crippen LogP) is 3.58. The lowest BCUT2D eigenvalue weighted by Crippen LogP contribution is -2.39. The zero-order chi connectivity index (χ0) is 22.8. The molecule has 4 N–H and O–H groups in total. The number of pyridine rings is 1. The Bertz CT molecular complexity index is 1170. The van der Waals surface area contributed by atoms with E-state index in [1.165, 1.54) is 6.20 Å². The molecule has 1 aliphatic rings. The number of nitrogens with zero attached hydrogens (tertiary/aromatic N) is 5. The molecular formula is C22H22ClN7O2. The van der Waals surface area contributed by atoms with Gasteiger partial charge in [-0.2, -0.15) is 10.4 Å². The van der Waals surface area contributed by atoms with Crippen LogP contribution in [0.3, 0.4) is 0 Å². The van der Waals surface area contributed by atoms with Crippen LogP contribution in [0.25, 0.3) is 11.3 Å². The number of hydrogen-bond acceptors (Lipinski definition) is 7. The quantitative estimate of drug-likeness (QED) is 0.565. The average Bonchev–Trinajstić information content (AvgIpc) is 3.13. The van der Waals surface area contributed by atoms with Crippen LogP contribution in [0.15, 0.2) is 42.6 Å². The molecule has 164 valence electrons. The van der Waals surface area contributed by atoms with Gasteiger partial charge in [-0.3, -0.25) is 4.79 Å². The molecule has 32 heavy (non-hydrogen) atoms. The minimum atomic E-state index is -0.657. The molecule has 1 aliphatic heterocycles. The molecule has 0 spiro atoms. The molecule has 0 saturated carbocycles. The molecule has 1 unspecified atom stereocenters. The van der Waals surface area contributed by atoms with E-state index in [1.807, 2.05) is 6.92 Å². The van der Waals surface area contributed by atoms with E-state index >= 15 is 0 Å². The zero-order valence-corrected chi connectivity index (χ0v) is 18.2. The van der Waals surface area contributed by atoms with Gasteiger partial charge in [0.2, 0.25) is 5.88 Å². The van der Waals surface area contributed by atoms with Gasteiger partial charge < -0.3 is 21.1 Å². The van der Waals surface area contributed by atoms with E-state index in [4.69, 9.17) is 27.8 Å². The Balaban J connectivity index is 1.63. The Morgan fingerprint density at radius 1 is 1.25 bits per heavy atom. The van der Waals surface area contributed by atoms with Gasteiger partial charge in [-0.25, -0.2) is 9.67 Å². The number of nitriles is 1. The van der Waals surface area contributed by atoms with Gasteiger partial charge in [0.25, 0.3) is 5.91 Å². The fourth-order valence-corrected chi connectivity index (χ4v) is 3.93. The second kappa shape index (κ2) is 8.77. The number of piperidine rings is 1. The predicted molar refractivity (Wildman–Crippen MR) is 120 cm³/mol. The third-order valence-corrected chi connectivity index (χ3v) is 5.80. The summed E-state index contributed by atoms with van der Waals surface area (Å²) < 4.78 is 7.33. The van der Waals surface area contributed by atoms with Crippen molar-refractivity contribution in [3.05, 3.63) is 53.2 Å². The molecular weight excluding hydrogens is 430 g/mol. The first-order valence-electron chi connectivity index (χ1n) is 10.1. The number of ether oxygens (including phenoxy) is 1. The zero-order valence-electron chi connectivity index (χ0n) is 17.4. The molecule has 0 aliphatic carbocycles. The number of anilines is 1. The highest BCUT2D eigenvalue weighted by atomic mass is 35.5. The maximum Gasteiger partial charge on any atom is 0.254 e. The number of primary amides is 1. The highest BCUT2D eigenvalue weighted by Crippen LogP contribution is 2.34. The molecule has 3 heterocycles. The Labute approximate surface area is 190 Å². The summed E-state index contributed by atoms with van der Waals surface area (Å²) in [6.45, 7) is 2.48. The van der Waals surface area contributed by atoms with Crippen molar-refractivity contribution >= 4 is 23.3 Å². The first-order valence-corrected chi connectivity index (χ1v) is 10.5. The smallest absolute Gasteiger partial charge is 0.254 e. The summed E-state index contributed by atoms with van der Waals surface area (Å²) in [5.41, 5.74) is 13.2. The van der Waals surface area contributed by atoms with E-state index in [1.54, 1.807) is 46.0 Å². The van der Waals surface area contributed by atoms with Crippen molar-refractivity contribution < 1.29 is 9.53 Å². The molecule has 1 amide bonds. The van der Waals surface area contributed by atoms with E-state index in [0.29, 0.717) is 34.5 Å². The maximum atomic E-state index is 12.2. The van der Waals surface area contributed by atoms with E-state index in [2.05, 4.69) is 16.3 Å². The van der Waals surface area contributed by atoms with Gasteiger partial charge in [0.05, 0.1) is 17.6 Å². The number of carbonyl (C=O) groups excluding carboxylic acids is 1. The molecule has 4 rings (SSSR count). The highest BCUT2D eigenvalue weighted by Gasteiger charge is 2.30. The molecule has 10 heteroatoms. The summed E-state index contributed by atoms with van der Waals surface area (Å²) in [4.78, 5) is 18.0.